The van der Waals surface area contributed by atoms with Gasteiger partial charge in [0.25, 0.3) is 0 Å². The van der Waals surface area contributed by atoms with Crippen LogP contribution in [0.4, 0.5) is 0 Å². The molecule has 0 radical (unpaired) electrons. The molecule has 1 atom stereocenters. The summed E-state index contributed by atoms with van der Waals surface area (Å²) >= 11 is 6.43. The van der Waals surface area contributed by atoms with Gasteiger partial charge in [-0.3, -0.25) is 9.59 Å². The van der Waals surface area contributed by atoms with Gasteiger partial charge in [-0.2, -0.15) is 0 Å². The standard InChI is InChI=1S/2C10H21BrO5Si/c1-10(2,11)9(12)16-7-6-8-17(13-3,14-4)15-5;1-10(11,9(12)13)7-5-6-8-17(14-2,15-3)16-4/h6-8H2,1-5H3;5-8H2,1-4H3,(H,12,13). The lowest BCUT2D eigenvalue weighted by atomic mass is 10.1. The Kier molecular flexibility index (Phi) is 18.7. The van der Waals surface area contributed by atoms with E-state index < -0.39 is 32.2 Å². The van der Waals surface area contributed by atoms with Crippen molar-refractivity contribution in [2.75, 3.05) is 49.3 Å². The Morgan fingerprint density at radius 2 is 1.12 bits per heavy atom. The number of hydrogen-bond donors (Lipinski definition) is 1. The number of hydrogen-bond acceptors (Lipinski definition) is 9. The van der Waals surface area contributed by atoms with E-state index in [1.165, 1.54) is 0 Å². The van der Waals surface area contributed by atoms with E-state index in [1.807, 2.05) is 0 Å². The Labute approximate surface area is 223 Å². The van der Waals surface area contributed by atoms with Crippen LogP contribution in [-0.4, -0.2) is 92.6 Å². The van der Waals surface area contributed by atoms with Gasteiger partial charge in [0, 0.05) is 54.7 Å². The van der Waals surface area contributed by atoms with Gasteiger partial charge in [-0.1, -0.05) is 38.3 Å². The number of ether oxygens (including phenoxy) is 1. The van der Waals surface area contributed by atoms with Gasteiger partial charge < -0.3 is 36.4 Å². The average Bonchev–Trinajstić information content (AvgIpc) is 2.80. The number of aliphatic carboxylic acids is 1. The highest BCUT2D eigenvalue weighted by molar-refractivity contribution is 9.10. The maximum Gasteiger partial charge on any atom is 0.500 e. The molecule has 0 saturated carbocycles. The molecule has 0 aliphatic heterocycles. The van der Waals surface area contributed by atoms with Crippen molar-refractivity contribution in [3.8, 4) is 0 Å². The van der Waals surface area contributed by atoms with E-state index >= 15 is 0 Å². The quantitative estimate of drug-likeness (QED) is 0.105. The first-order valence-corrected chi connectivity index (χ1v) is 16.2. The van der Waals surface area contributed by atoms with Crippen molar-refractivity contribution in [1.29, 1.82) is 0 Å². The summed E-state index contributed by atoms with van der Waals surface area (Å²) in [5.74, 6) is -1.12. The number of unbranched alkanes of at least 4 members (excludes halogenated alkanes) is 1. The maximum atomic E-state index is 11.4. The third-order valence-electron chi connectivity index (χ3n) is 5.04. The first kappa shape index (κ1) is 36.3. The van der Waals surface area contributed by atoms with Gasteiger partial charge in [0.2, 0.25) is 0 Å². The van der Waals surface area contributed by atoms with Crippen LogP contribution in [-0.2, 0) is 40.9 Å². The maximum absolute atomic E-state index is 11.4. The second kappa shape index (κ2) is 17.5. The van der Waals surface area contributed by atoms with Crippen LogP contribution in [0.25, 0.3) is 0 Å². The first-order valence-electron chi connectivity index (χ1n) is 10.7. The van der Waals surface area contributed by atoms with E-state index in [-0.39, 0.29) is 5.97 Å². The smallest absolute Gasteiger partial charge is 0.480 e. The van der Waals surface area contributed by atoms with Crippen molar-refractivity contribution in [2.45, 2.75) is 67.2 Å². The molecule has 0 aromatic carbocycles. The van der Waals surface area contributed by atoms with Crippen molar-refractivity contribution in [3.05, 3.63) is 0 Å². The molecule has 0 aliphatic carbocycles. The lowest BCUT2D eigenvalue weighted by molar-refractivity contribution is -0.145. The van der Waals surface area contributed by atoms with Crippen LogP contribution in [0.3, 0.4) is 0 Å². The summed E-state index contributed by atoms with van der Waals surface area (Å²) in [6, 6.07) is 1.31. The molecule has 0 amide bonds. The van der Waals surface area contributed by atoms with Gasteiger partial charge in [-0.25, -0.2) is 0 Å². The number of carbonyl (C=O) groups excluding carboxylic acids is 1. The zero-order valence-corrected chi connectivity index (χ0v) is 27.0. The Balaban J connectivity index is 0. The van der Waals surface area contributed by atoms with E-state index in [9.17, 15) is 9.59 Å². The second-order valence-electron chi connectivity index (χ2n) is 8.01. The summed E-state index contributed by atoms with van der Waals surface area (Å²) in [5.41, 5.74) is 0. The van der Waals surface area contributed by atoms with Gasteiger partial charge in [0.05, 0.1) is 6.61 Å². The van der Waals surface area contributed by atoms with Crippen LogP contribution in [0, 0.1) is 0 Å². The molecule has 0 aromatic rings. The SMILES string of the molecule is CO[Si](CCCCC(C)(Br)C(=O)O)(OC)OC.CO[Si](CCCOC(=O)C(C)(C)Br)(OC)OC. The number of esters is 1. The minimum atomic E-state index is -2.54. The molecule has 1 unspecified atom stereocenters. The van der Waals surface area contributed by atoms with Crippen LogP contribution in [0.5, 0.6) is 0 Å². The summed E-state index contributed by atoms with van der Waals surface area (Å²) in [4.78, 5) is 22.3. The minimum Gasteiger partial charge on any atom is -0.480 e. The molecule has 0 spiro atoms. The van der Waals surface area contributed by atoms with E-state index in [0.29, 0.717) is 31.5 Å². The Morgan fingerprint density at radius 1 is 0.735 bits per heavy atom. The lowest BCUT2D eigenvalue weighted by Crippen LogP contribution is -2.42. The Morgan fingerprint density at radius 3 is 1.44 bits per heavy atom. The molecule has 0 fully saturated rings. The van der Waals surface area contributed by atoms with E-state index in [1.54, 1.807) is 63.4 Å². The van der Waals surface area contributed by atoms with Crippen molar-refractivity contribution in [3.63, 3.8) is 0 Å². The molecule has 34 heavy (non-hydrogen) atoms. The first-order chi connectivity index (χ1) is 15.6. The van der Waals surface area contributed by atoms with Crippen molar-refractivity contribution >= 4 is 61.4 Å². The fourth-order valence-corrected chi connectivity index (χ4v) is 6.52. The zero-order chi connectivity index (χ0) is 27.1. The van der Waals surface area contributed by atoms with Crippen molar-refractivity contribution in [1.82, 2.24) is 0 Å². The van der Waals surface area contributed by atoms with Gasteiger partial charge >= 0.3 is 29.5 Å². The largest absolute Gasteiger partial charge is 0.500 e. The van der Waals surface area contributed by atoms with Gasteiger partial charge in [-0.15, -0.1) is 0 Å². The molecule has 0 aromatic heterocycles. The van der Waals surface area contributed by atoms with Crippen LogP contribution >= 0.6 is 31.9 Å². The summed E-state index contributed by atoms with van der Waals surface area (Å²) in [6.45, 7) is 5.48. The fraction of sp³-hybridized carbons (Fsp3) is 0.900. The average molecular weight is 659 g/mol. The molecular weight excluding hydrogens is 616 g/mol. The number of carbonyl (C=O) groups is 2. The monoisotopic (exact) mass is 656 g/mol. The lowest BCUT2D eigenvalue weighted by Gasteiger charge is -2.24. The molecule has 0 aliphatic rings. The minimum absolute atomic E-state index is 0.281. The van der Waals surface area contributed by atoms with Crippen LogP contribution in [0.1, 0.15) is 46.5 Å². The number of rotatable bonds is 17. The normalized spacial score (nSPS) is 14.1. The van der Waals surface area contributed by atoms with Gasteiger partial charge in [0.15, 0.2) is 0 Å². The van der Waals surface area contributed by atoms with Gasteiger partial charge in [-0.05, 0) is 40.0 Å². The predicted octanol–water partition coefficient (Wildman–Crippen LogP) is 4.24. The highest BCUT2D eigenvalue weighted by Gasteiger charge is 2.38. The molecule has 204 valence electrons. The fourth-order valence-electron chi connectivity index (χ4n) is 2.64. The van der Waals surface area contributed by atoms with Crippen molar-refractivity contribution < 1.29 is 46.0 Å². The molecule has 10 nitrogen and oxygen atoms in total. The van der Waals surface area contributed by atoms with E-state index in [2.05, 4.69) is 31.9 Å². The second-order valence-corrected chi connectivity index (χ2v) is 17.9. The molecule has 14 heteroatoms. The Bertz CT molecular complexity index is 564. The third kappa shape index (κ3) is 14.0. The zero-order valence-electron chi connectivity index (χ0n) is 21.8. The summed E-state index contributed by atoms with van der Waals surface area (Å²) < 4.78 is 35.2. The van der Waals surface area contributed by atoms with Crippen LogP contribution in [0.15, 0.2) is 0 Å². The van der Waals surface area contributed by atoms with Crippen molar-refractivity contribution in [2.24, 2.45) is 0 Å². The summed E-state index contributed by atoms with van der Waals surface area (Å²) in [7, 11) is 4.37. The third-order valence-corrected chi connectivity index (χ3v) is 11.8. The number of carboxylic acid groups (broad SMARTS) is 1. The van der Waals surface area contributed by atoms with E-state index in [0.717, 1.165) is 12.8 Å². The predicted molar refractivity (Wildman–Crippen MR) is 141 cm³/mol. The van der Waals surface area contributed by atoms with Gasteiger partial charge in [0.1, 0.15) is 8.65 Å². The Hall–Kier alpha value is 0.0938. The highest BCUT2D eigenvalue weighted by Crippen LogP contribution is 2.26. The molecule has 0 rings (SSSR count). The molecule has 0 saturated heterocycles. The molecule has 1 N–H and O–H groups in total. The topological polar surface area (TPSA) is 119 Å². The summed E-state index contributed by atoms with van der Waals surface area (Å²) in [5, 5.41) is 8.93. The number of carboxylic acids is 1. The molecule has 0 bridgehead atoms. The summed E-state index contributed by atoms with van der Waals surface area (Å²) in [6.07, 6.45) is 2.80. The number of alkyl halides is 2. The van der Waals surface area contributed by atoms with E-state index in [4.69, 9.17) is 36.4 Å². The molecule has 0 heterocycles. The molecular formula is C20H42Br2O10Si2. The van der Waals surface area contributed by atoms with Crippen LogP contribution < -0.4 is 0 Å². The number of halogens is 2. The van der Waals surface area contributed by atoms with Crippen LogP contribution in [0.2, 0.25) is 12.1 Å². The highest BCUT2D eigenvalue weighted by atomic mass is 79.9.